The zero-order chi connectivity index (χ0) is 22.5. The van der Waals surface area contributed by atoms with Crippen molar-refractivity contribution < 1.29 is 4.79 Å². The van der Waals surface area contributed by atoms with E-state index in [0.717, 1.165) is 25.9 Å². The summed E-state index contributed by atoms with van der Waals surface area (Å²) in [4.78, 5) is 39.2. The van der Waals surface area contributed by atoms with Crippen LogP contribution in [0.5, 0.6) is 0 Å². The fourth-order valence-corrected chi connectivity index (χ4v) is 3.39. The molecule has 1 heterocycles. The zero-order valence-corrected chi connectivity index (χ0v) is 17.6. The van der Waals surface area contributed by atoms with Crippen LogP contribution >= 0.6 is 0 Å². The van der Waals surface area contributed by atoms with Gasteiger partial charge in [0.05, 0.1) is 12.2 Å². The number of amides is 1. The van der Waals surface area contributed by atoms with Crippen LogP contribution < -0.4 is 16.6 Å². The molecule has 7 heteroatoms. The molecule has 32 heavy (non-hydrogen) atoms. The fourth-order valence-electron chi connectivity index (χ4n) is 3.39. The number of carbonyl (C=O) groups is 1. The number of aryl methyl sites for hydroxylation is 1. The highest BCUT2D eigenvalue weighted by Gasteiger charge is 2.20. The smallest absolute Gasteiger partial charge is 0.346 e. The SMILES string of the molecule is Cc1cccc(Cn2c(=O)c(C(=O)NCc3ccccc3)nn(-c3ccccc3)c2=O)c1. The molecule has 0 aliphatic rings. The summed E-state index contributed by atoms with van der Waals surface area (Å²) in [7, 11) is 0. The quantitative estimate of drug-likeness (QED) is 0.514. The van der Waals surface area contributed by atoms with Gasteiger partial charge in [0.25, 0.3) is 11.5 Å². The molecular formula is C25H22N4O3. The second-order valence-electron chi connectivity index (χ2n) is 7.43. The van der Waals surface area contributed by atoms with E-state index < -0.39 is 17.2 Å². The van der Waals surface area contributed by atoms with Gasteiger partial charge in [0, 0.05) is 6.54 Å². The Morgan fingerprint density at radius 3 is 2.22 bits per heavy atom. The number of nitrogens with one attached hydrogen (secondary N) is 1. The maximum Gasteiger partial charge on any atom is 0.352 e. The second kappa shape index (κ2) is 9.26. The summed E-state index contributed by atoms with van der Waals surface area (Å²) in [6.45, 7) is 2.21. The Balaban J connectivity index is 1.77. The van der Waals surface area contributed by atoms with E-state index in [4.69, 9.17) is 0 Å². The number of benzene rings is 3. The molecular weight excluding hydrogens is 404 g/mol. The molecule has 1 aromatic heterocycles. The molecule has 1 amide bonds. The molecule has 0 aliphatic heterocycles. The number of hydrogen-bond donors (Lipinski definition) is 1. The predicted octanol–water partition coefficient (Wildman–Crippen LogP) is 2.68. The average molecular weight is 426 g/mol. The molecule has 0 atom stereocenters. The van der Waals surface area contributed by atoms with Crippen molar-refractivity contribution in [2.45, 2.75) is 20.0 Å². The van der Waals surface area contributed by atoms with Crippen LogP contribution in [-0.4, -0.2) is 20.3 Å². The van der Waals surface area contributed by atoms with Crippen molar-refractivity contribution in [1.82, 2.24) is 19.7 Å². The van der Waals surface area contributed by atoms with Crippen LogP contribution in [0.1, 0.15) is 27.2 Å². The Labute approximate surface area is 184 Å². The number of aromatic nitrogens is 3. The summed E-state index contributed by atoms with van der Waals surface area (Å²) < 4.78 is 2.14. The largest absolute Gasteiger partial charge is 0.352 e. The van der Waals surface area contributed by atoms with E-state index in [1.54, 1.807) is 24.3 Å². The van der Waals surface area contributed by atoms with Crippen molar-refractivity contribution in [2.75, 3.05) is 0 Å². The van der Waals surface area contributed by atoms with E-state index in [2.05, 4.69) is 10.4 Å². The highest BCUT2D eigenvalue weighted by Crippen LogP contribution is 2.06. The monoisotopic (exact) mass is 426 g/mol. The number of rotatable bonds is 6. The van der Waals surface area contributed by atoms with Gasteiger partial charge in [-0.25, -0.2) is 4.79 Å². The van der Waals surface area contributed by atoms with Crippen LogP contribution in [0.25, 0.3) is 5.69 Å². The average Bonchev–Trinajstić information content (AvgIpc) is 2.81. The Hall–Kier alpha value is -4.26. The van der Waals surface area contributed by atoms with E-state index in [9.17, 15) is 14.4 Å². The molecule has 0 fully saturated rings. The zero-order valence-electron chi connectivity index (χ0n) is 17.6. The van der Waals surface area contributed by atoms with Crippen molar-refractivity contribution in [3.05, 3.63) is 128 Å². The van der Waals surface area contributed by atoms with E-state index in [-0.39, 0.29) is 18.8 Å². The van der Waals surface area contributed by atoms with Crippen LogP contribution in [0.4, 0.5) is 0 Å². The minimum atomic E-state index is -0.728. The Bertz CT molecular complexity index is 1360. The number of carbonyl (C=O) groups excluding carboxylic acids is 1. The lowest BCUT2D eigenvalue weighted by Crippen LogP contribution is -2.46. The summed E-state index contributed by atoms with van der Waals surface area (Å²) in [5.74, 6) is -0.637. The maximum atomic E-state index is 13.2. The number of para-hydroxylation sites is 1. The van der Waals surface area contributed by atoms with Crippen molar-refractivity contribution in [3.8, 4) is 5.69 Å². The van der Waals surface area contributed by atoms with Gasteiger partial charge in [-0.3, -0.25) is 14.2 Å². The normalized spacial score (nSPS) is 10.7. The van der Waals surface area contributed by atoms with E-state index in [1.165, 1.54) is 0 Å². The van der Waals surface area contributed by atoms with Gasteiger partial charge < -0.3 is 5.32 Å². The van der Waals surface area contributed by atoms with Gasteiger partial charge in [-0.1, -0.05) is 78.4 Å². The van der Waals surface area contributed by atoms with Crippen LogP contribution in [0.15, 0.2) is 94.5 Å². The molecule has 0 spiro atoms. The van der Waals surface area contributed by atoms with Crippen molar-refractivity contribution in [3.63, 3.8) is 0 Å². The molecule has 0 saturated heterocycles. The third-order valence-corrected chi connectivity index (χ3v) is 4.99. The number of nitrogens with zero attached hydrogens (tertiary/aromatic N) is 3. The molecule has 0 radical (unpaired) electrons. The lowest BCUT2D eigenvalue weighted by molar-refractivity contribution is 0.0941. The van der Waals surface area contributed by atoms with Gasteiger partial charge in [-0.05, 0) is 30.2 Å². The molecule has 4 rings (SSSR count). The van der Waals surface area contributed by atoms with E-state index >= 15 is 0 Å². The topological polar surface area (TPSA) is 86.0 Å². The van der Waals surface area contributed by atoms with Crippen LogP contribution in [0.3, 0.4) is 0 Å². The minimum Gasteiger partial charge on any atom is -0.346 e. The minimum absolute atomic E-state index is 0.0354. The molecule has 160 valence electrons. The second-order valence-corrected chi connectivity index (χ2v) is 7.43. The summed E-state index contributed by atoms with van der Waals surface area (Å²) in [5.41, 5.74) is 1.47. The van der Waals surface area contributed by atoms with Crippen LogP contribution in [0, 0.1) is 6.92 Å². The lowest BCUT2D eigenvalue weighted by atomic mass is 10.1. The standard InChI is InChI=1S/C25H22N4O3/c1-18-9-8-12-20(15-18)17-28-24(31)22(23(30)26-16-19-10-4-2-5-11-19)27-29(25(28)32)21-13-6-3-7-14-21/h2-15H,16-17H2,1H3,(H,26,30). The molecule has 0 aliphatic carbocycles. The highest BCUT2D eigenvalue weighted by molar-refractivity contribution is 5.91. The first-order valence-corrected chi connectivity index (χ1v) is 10.2. The molecule has 0 saturated carbocycles. The molecule has 4 aromatic rings. The van der Waals surface area contributed by atoms with Crippen LogP contribution in [0.2, 0.25) is 0 Å². The Kier molecular flexibility index (Phi) is 6.07. The van der Waals surface area contributed by atoms with Gasteiger partial charge in [0.2, 0.25) is 5.69 Å². The van der Waals surface area contributed by atoms with E-state index in [1.807, 2.05) is 67.6 Å². The van der Waals surface area contributed by atoms with Gasteiger partial charge >= 0.3 is 5.69 Å². The Morgan fingerprint density at radius 2 is 1.53 bits per heavy atom. The molecule has 3 aromatic carbocycles. The summed E-state index contributed by atoms with van der Waals surface area (Å²) >= 11 is 0. The van der Waals surface area contributed by atoms with Crippen molar-refractivity contribution >= 4 is 5.91 Å². The first-order valence-electron chi connectivity index (χ1n) is 10.2. The lowest BCUT2D eigenvalue weighted by Gasteiger charge is -2.12. The third-order valence-electron chi connectivity index (χ3n) is 4.99. The van der Waals surface area contributed by atoms with Gasteiger partial charge in [-0.2, -0.15) is 9.78 Å². The molecule has 0 bridgehead atoms. The van der Waals surface area contributed by atoms with Crippen molar-refractivity contribution in [2.24, 2.45) is 0 Å². The summed E-state index contributed by atoms with van der Waals surface area (Å²) in [6.07, 6.45) is 0. The summed E-state index contributed by atoms with van der Waals surface area (Å²) in [6, 6.07) is 25.6. The first kappa shape index (κ1) is 21.0. The van der Waals surface area contributed by atoms with Crippen molar-refractivity contribution in [1.29, 1.82) is 0 Å². The molecule has 1 N–H and O–H groups in total. The van der Waals surface area contributed by atoms with Gasteiger partial charge in [-0.15, -0.1) is 0 Å². The van der Waals surface area contributed by atoms with Crippen LogP contribution in [-0.2, 0) is 13.1 Å². The van der Waals surface area contributed by atoms with Gasteiger partial charge in [0.1, 0.15) is 0 Å². The molecule has 0 unspecified atom stereocenters. The summed E-state index contributed by atoms with van der Waals surface area (Å²) in [5, 5.41) is 6.86. The third kappa shape index (κ3) is 4.57. The molecule has 7 nitrogen and oxygen atoms in total. The highest BCUT2D eigenvalue weighted by atomic mass is 16.2. The van der Waals surface area contributed by atoms with Gasteiger partial charge in [0.15, 0.2) is 0 Å². The number of hydrogen-bond acceptors (Lipinski definition) is 4. The van der Waals surface area contributed by atoms with E-state index in [0.29, 0.717) is 5.69 Å². The predicted molar refractivity (Wildman–Crippen MR) is 122 cm³/mol. The maximum absolute atomic E-state index is 13.2. The first-order chi connectivity index (χ1) is 15.5. The Morgan fingerprint density at radius 1 is 0.875 bits per heavy atom. The fraction of sp³-hybridized carbons (Fsp3) is 0.120.